The SMILES string of the molecule is Cc1ccc2cccc([O][Ga]([CH2]OC(=O)c3ccc(-c4cccs4)s3)[O]c3cccc4ccc(C)nc34)c2n1. The van der Waals surface area contributed by atoms with Gasteiger partial charge in [0.2, 0.25) is 0 Å². The van der Waals surface area contributed by atoms with Crippen molar-refractivity contribution in [3.8, 4) is 21.3 Å². The summed E-state index contributed by atoms with van der Waals surface area (Å²) in [6.45, 7) is 3.89. The Bertz CT molecular complexity index is 1700. The molecule has 0 aliphatic heterocycles. The van der Waals surface area contributed by atoms with Gasteiger partial charge in [-0.15, -0.1) is 0 Å². The molecule has 0 radical (unpaired) electrons. The van der Waals surface area contributed by atoms with Crippen molar-refractivity contribution in [3.05, 3.63) is 107 Å². The summed E-state index contributed by atoms with van der Waals surface area (Å²) >= 11 is -0.218. The summed E-state index contributed by atoms with van der Waals surface area (Å²) in [6, 6.07) is 27.4. The number of nitrogens with zero attached hydrogens (tertiary/aromatic N) is 2. The summed E-state index contributed by atoms with van der Waals surface area (Å²) in [7, 11) is 0. The van der Waals surface area contributed by atoms with Crippen LogP contribution >= 0.6 is 22.7 Å². The predicted molar refractivity (Wildman–Crippen MR) is 158 cm³/mol. The number of thiophene rings is 2. The van der Waals surface area contributed by atoms with Gasteiger partial charge in [0, 0.05) is 0 Å². The number of para-hydroxylation sites is 2. The van der Waals surface area contributed by atoms with Crippen LogP contribution in [0.3, 0.4) is 0 Å². The van der Waals surface area contributed by atoms with Crippen molar-refractivity contribution in [3.63, 3.8) is 0 Å². The number of carbonyl (C=O) groups excluding carboxylic acids is 1. The molecule has 0 bridgehead atoms. The Labute approximate surface area is 239 Å². The molecule has 39 heavy (non-hydrogen) atoms. The Hall–Kier alpha value is -3.63. The summed E-state index contributed by atoms with van der Waals surface area (Å²) < 4.78 is 18.8. The number of carbonyl (C=O) groups is 1. The summed E-state index contributed by atoms with van der Waals surface area (Å²) in [4.78, 5) is 25.1. The van der Waals surface area contributed by atoms with E-state index in [0.29, 0.717) is 16.4 Å². The van der Waals surface area contributed by atoms with Crippen molar-refractivity contribution in [2.75, 3.05) is 5.16 Å². The average molecular weight is 609 g/mol. The molecule has 0 fully saturated rings. The molecule has 0 aliphatic rings. The molecule has 0 spiro atoms. The summed E-state index contributed by atoms with van der Waals surface area (Å²) in [5, 5.41) is 4.02. The fourth-order valence-corrected chi connectivity index (χ4v) is 8.92. The number of esters is 1. The number of aryl methyl sites for hydroxylation is 2. The standard InChI is InChI=1S/2C10H9NO.C10H7O2S2.Ga/c2*1-7-5-6-8-3-2-4-9(12)10(8)11-7;1-12-10(11)9-5-4-8(14-9)7-3-2-6-13-7;/h2*2-6,12H,1H3;2-6H,1H2;/q;;;+2/p-2. The van der Waals surface area contributed by atoms with Crippen LogP contribution in [0.1, 0.15) is 21.1 Å². The Morgan fingerprint density at radius 1 is 0.744 bits per heavy atom. The number of hydrogen-bond acceptors (Lipinski definition) is 8. The number of pyridine rings is 2. The van der Waals surface area contributed by atoms with E-state index in [0.717, 1.165) is 42.9 Å². The number of benzene rings is 2. The topological polar surface area (TPSA) is 70.5 Å². The van der Waals surface area contributed by atoms with Crippen molar-refractivity contribution in [2.24, 2.45) is 0 Å². The first-order valence-electron chi connectivity index (χ1n) is 12.4. The molecule has 4 aromatic heterocycles. The second-order valence-corrected chi connectivity index (χ2v) is 14.5. The molecule has 6 aromatic rings. The molecule has 0 N–H and O–H groups in total. The molecule has 4 heterocycles. The molecule has 0 saturated heterocycles. The van der Waals surface area contributed by atoms with E-state index < -0.39 is 16.9 Å². The third-order valence-electron chi connectivity index (χ3n) is 6.08. The van der Waals surface area contributed by atoms with Crippen LogP contribution in [0.25, 0.3) is 31.6 Å². The maximum absolute atomic E-state index is 13.0. The van der Waals surface area contributed by atoms with Gasteiger partial charge >= 0.3 is 241 Å². The zero-order valence-corrected chi connectivity index (χ0v) is 25.3. The van der Waals surface area contributed by atoms with Gasteiger partial charge in [-0.1, -0.05) is 0 Å². The molecule has 0 unspecified atom stereocenters. The third-order valence-corrected chi connectivity index (χ3v) is 11.3. The molecule has 6 nitrogen and oxygen atoms in total. The fourth-order valence-electron chi connectivity index (χ4n) is 4.21. The van der Waals surface area contributed by atoms with E-state index in [9.17, 15) is 4.79 Å². The van der Waals surface area contributed by atoms with Gasteiger partial charge in [0.1, 0.15) is 0 Å². The van der Waals surface area contributed by atoms with Gasteiger partial charge in [-0.2, -0.15) is 0 Å². The molecule has 9 heteroatoms. The quantitative estimate of drug-likeness (QED) is 0.131. The predicted octanol–water partition coefficient (Wildman–Crippen LogP) is 7.53. The van der Waals surface area contributed by atoms with Crippen LogP contribution in [0.2, 0.25) is 0 Å². The molecular formula is C30H23GaN2O4S2. The normalized spacial score (nSPS) is 11.0. The van der Waals surface area contributed by atoms with Crippen molar-refractivity contribution < 1.29 is 16.6 Å². The Morgan fingerprint density at radius 2 is 1.38 bits per heavy atom. The Kier molecular flexibility index (Phi) is 7.38. The van der Waals surface area contributed by atoms with Gasteiger partial charge in [0.15, 0.2) is 0 Å². The molecule has 0 atom stereocenters. The zero-order valence-electron chi connectivity index (χ0n) is 21.3. The number of aromatic nitrogens is 2. The molecule has 0 saturated carbocycles. The van der Waals surface area contributed by atoms with Crippen LogP contribution in [-0.2, 0) is 4.74 Å². The van der Waals surface area contributed by atoms with Crippen LogP contribution < -0.4 is 7.06 Å². The number of rotatable bonds is 8. The second kappa shape index (κ2) is 11.2. The van der Waals surface area contributed by atoms with E-state index in [2.05, 4.69) is 0 Å². The number of fused-ring (bicyclic) bond motifs is 2. The second-order valence-electron chi connectivity index (χ2n) is 8.97. The maximum atomic E-state index is 13.0. The van der Waals surface area contributed by atoms with Gasteiger partial charge in [-0.25, -0.2) is 0 Å². The first kappa shape index (κ1) is 25.6. The third kappa shape index (κ3) is 5.72. The Morgan fingerprint density at radius 3 is 1.97 bits per heavy atom. The molecule has 6 rings (SSSR count). The molecule has 0 aliphatic carbocycles. The van der Waals surface area contributed by atoms with E-state index in [1.165, 1.54) is 11.3 Å². The number of hydrogen-bond donors (Lipinski definition) is 0. The summed E-state index contributed by atoms with van der Waals surface area (Å²) in [5.74, 6) is 0.861. The van der Waals surface area contributed by atoms with E-state index in [1.54, 1.807) is 17.4 Å². The van der Waals surface area contributed by atoms with Crippen LogP contribution in [0, 0.1) is 13.8 Å². The van der Waals surface area contributed by atoms with Crippen LogP contribution in [0.4, 0.5) is 0 Å². The Balaban J connectivity index is 1.29. The van der Waals surface area contributed by atoms with Crippen molar-refractivity contribution in [2.45, 2.75) is 13.8 Å². The fraction of sp³-hybridized carbons (Fsp3) is 0.100. The average Bonchev–Trinajstić information content (AvgIpc) is 3.65. The van der Waals surface area contributed by atoms with Gasteiger partial charge < -0.3 is 0 Å². The first-order valence-corrected chi connectivity index (χ1v) is 17.8. The van der Waals surface area contributed by atoms with E-state index in [-0.39, 0.29) is 11.1 Å². The van der Waals surface area contributed by atoms with E-state index >= 15 is 0 Å². The van der Waals surface area contributed by atoms with Crippen molar-refractivity contribution >= 4 is 67.4 Å². The zero-order chi connectivity index (χ0) is 26.8. The van der Waals surface area contributed by atoms with Crippen molar-refractivity contribution in [1.29, 1.82) is 0 Å². The van der Waals surface area contributed by atoms with Gasteiger partial charge in [0.25, 0.3) is 0 Å². The summed E-state index contributed by atoms with van der Waals surface area (Å²) in [6.07, 6.45) is 0. The molecule has 192 valence electrons. The van der Waals surface area contributed by atoms with Crippen molar-refractivity contribution in [1.82, 2.24) is 9.97 Å². The van der Waals surface area contributed by atoms with Crippen LogP contribution in [0.15, 0.2) is 90.3 Å². The summed E-state index contributed by atoms with van der Waals surface area (Å²) in [5.41, 5.74) is 3.30. The van der Waals surface area contributed by atoms with E-state index in [1.807, 2.05) is 98.1 Å². The molecule has 2 aromatic carbocycles. The van der Waals surface area contributed by atoms with E-state index in [4.69, 9.17) is 21.8 Å². The van der Waals surface area contributed by atoms with Crippen LogP contribution in [0.5, 0.6) is 11.5 Å². The molecular weight excluding hydrogens is 586 g/mol. The number of ether oxygens (including phenoxy) is 1. The molecule has 0 amide bonds. The van der Waals surface area contributed by atoms with Crippen LogP contribution in [-0.4, -0.2) is 38.0 Å². The monoisotopic (exact) mass is 608 g/mol. The van der Waals surface area contributed by atoms with Gasteiger partial charge in [-0.05, 0) is 0 Å². The first-order chi connectivity index (χ1) is 19.0. The minimum atomic E-state index is -3.28. The van der Waals surface area contributed by atoms with Gasteiger partial charge in [-0.3, -0.25) is 0 Å². The van der Waals surface area contributed by atoms with Gasteiger partial charge in [0.05, 0.1) is 0 Å². The minimum absolute atomic E-state index is 0.0580.